The molecule has 19 heteroatoms. The first-order valence-electron chi connectivity index (χ1n) is 37.3. The van der Waals surface area contributed by atoms with Crippen LogP contribution in [0.2, 0.25) is 0 Å². The third-order valence-electron chi connectivity index (χ3n) is 17.3. The van der Waals surface area contributed by atoms with Crippen molar-refractivity contribution in [2.24, 2.45) is 23.7 Å². The third-order valence-corrected chi connectivity index (χ3v) is 19.2. The van der Waals surface area contributed by atoms with Crippen LogP contribution >= 0.6 is 15.6 Å². The van der Waals surface area contributed by atoms with Crippen molar-refractivity contribution >= 4 is 39.5 Å². The van der Waals surface area contributed by atoms with Gasteiger partial charge in [-0.2, -0.15) is 0 Å². The zero-order chi connectivity index (χ0) is 67.5. The first-order valence-corrected chi connectivity index (χ1v) is 40.3. The molecular weight excluding hydrogens is 1200 g/mol. The number of aliphatic hydroxyl groups is 1. The van der Waals surface area contributed by atoms with Crippen LogP contribution in [0.3, 0.4) is 0 Å². The summed E-state index contributed by atoms with van der Waals surface area (Å²) in [6.45, 7) is 14.1. The molecule has 0 bridgehead atoms. The average molecular weight is 1340 g/mol. The molecule has 0 amide bonds. The van der Waals surface area contributed by atoms with Crippen molar-refractivity contribution in [2.75, 3.05) is 39.6 Å². The second-order valence-electron chi connectivity index (χ2n) is 27.4. The lowest BCUT2D eigenvalue weighted by Crippen LogP contribution is -2.30. The van der Waals surface area contributed by atoms with Gasteiger partial charge in [-0.3, -0.25) is 37.3 Å². The maximum absolute atomic E-state index is 13.0. The van der Waals surface area contributed by atoms with Gasteiger partial charge < -0.3 is 33.8 Å². The van der Waals surface area contributed by atoms with Crippen molar-refractivity contribution in [1.82, 2.24) is 0 Å². The highest BCUT2D eigenvalue weighted by atomic mass is 31.2. The van der Waals surface area contributed by atoms with E-state index in [2.05, 4.69) is 55.4 Å². The summed E-state index contributed by atoms with van der Waals surface area (Å²) in [6, 6.07) is 0. The Morgan fingerprint density at radius 1 is 0.308 bits per heavy atom. The lowest BCUT2D eigenvalue weighted by Gasteiger charge is -2.21. The third kappa shape index (κ3) is 63.9. The second-order valence-corrected chi connectivity index (χ2v) is 30.3. The minimum absolute atomic E-state index is 0.104. The molecule has 0 aromatic carbocycles. The van der Waals surface area contributed by atoms with E-state index in [1.807, 2.05) is 0 Å². The molecule has 0 heterocycles. The van der Waals surface area contributed by atoms with Crippen molar-refractivity contribution in [2.45, 2.75) is 375 Å². The van der Waals surface area contributed by atoms with Gasteiger partial charge in [0.2, 0.25) is 0 Å². The lowest BCUT2D eigenvalue weighted by molar-refractivity contribution is -0.161. The van der Waals surface area contributed by atoms with Crippen molar-refractivity contribution in [1.29, 1.82) is 0 Å². The number of phosphoric ester groups is 2. The van der Waals surface area contributed by atoms with Crippen molar-refractivity contribution in [3.8, 4) is 0 Å². The normalized spacial score (nSPS) is 14.8. The van der Waals surface area contributed by atoms with Crippen LogP contribution in [-0.2, 0) is 65.4 Å². The van der Waals surface area contributed by atoms with Crippen LogP contribution < -0.4 is 0 Å². The molecule has 91 heavy (non-hydrogen) atoms. The fourth-order valence-corrected chi connectivity index (χ4v) is 12.4. The molecule has 3 N–H and O–H groups in total. The summed E-state index contributed by atoms with van der Waals surface area (Å²) in [5.74, 6) is 0.878. The van der Waals surface area contributed by atoms with E-state index < -0.39 is 97.5 Å². The number of rotatable bonds is 69. The average Bonchev–Trinajstić information content (AvgIpc) is 2.94. The zero-order valence-electron chi connectivity index (χ0n) is 59.5. The Balaban J connectivity index is 5.21. The number of esters is 4. The molecule has 0 fully saturated rings. The molecule has 0 aliphatic heterocycles. The van der Waals surface area contributed by atoms with Gasteiger partial charge in [0.05, 0.1) is 26.4 Å². The van der Waals surface area contributed by atoms with Crippen LogP contribution in [0.5, 0.6) is 0 Å². The number of hydrogen-bond donors (Lipinski definition) is 3. The highest BCUT2D eigenvalue weighted by Crippen LogP contribution is 2.45. The van der Waals surface area contributed by atoms with Gasteiger partial charge in [0.15, 0.2) is 12.2 Å². The zero-order valence-corrected chi connectivity index (χ0v) is 61.3. The number of phosphoric acid groups is 2. The number of carbonyl (C=O) groups excluding carboxylic acids is 4. The predicted octanol–water partition coefficient (Wildman–Crippen LogP) is 20.5. The Hall–Kier alpha value is -1.94. The summed E-state index contributed by atoms with van der Waals surface area (Å²) in [7, 11) is -9.91. The number of hydrogen-bond acceptors (Lipinski definition) is 15. The van der Waals surface area contributed by atoms with Gasteiger partial charge in [0.25, 0.3) is 0 Å². The van der Waals surface area contributed by atoms with Gasteiger partial charge in [-0.15, -0.1) is 0 Å². The van der Waals surface area contributed by atoms with E-state index in [0.717, 1.165) is 126 Å². The van der Waals surface area contributed by atoms with Gasteiger partial charge >= 0.3 is 39.5 Å². The molecule has 540 valence electrons. The quantitative estimate of drug-likeness (QED) is 0.0222. The van der Waals surface area contributed by atoms with Crippen LogP contribution in [0.1, 0.15) is 357 Å². The van der Waals surface area contributed by atoms with Gasteiger partial charge in [-0.05, 0) is 49.4 Å². The SMILES string of the molecule is CCC(C)CCCCCCCCC(=O)OC[C@H](COP(=O)(O)OC[C@@H](O)COP(=O)(O)OC[C@@H](COC(=O)CCCCCCCCC(C)CC)OC(=O)CCCCCCCCCCCC(C)C)OC(=O)CCCCCCCCCCCCCCCCCCC(C)C. The molecule has 0 aromatic heterocycles. The molecule has 0 saturated carbocycles. The Bertz CT molecular complexity index is 1800. The number of aliphatic hydroxyl groups excluding tert-OH is 1. The largest absolute Gasteiger partial charge is 0.472 e. The van der Waals surface area contributed by atoms with Crippen molar-refractivity contribution in [3.05, 3.63) is 0 Å². The van der Waals surface area contributed by atoms with Crippen molar-refractivity contribution < 1.29 is 80.2 Å². The van der Waals surface area contributed by atoms with E-state index in [4.69, 9.17) is 37.0 Å². The number of carbonyl (C=O) groups is 4. The van der Waals surface area contributed by atoms with Crippen LogP contribution in [0.15, 0.2) is 0 Å². The topological polar surface area (TPSA) is 237 Å². The molecule has 0 aromatic rings. The van der Waals surface area contributed by atoms with Gasteiger partial charge in [0, 0.05) is 25.7 Å². The maximum atomic E-state index is 13.0. The molecule has 7 atom stereocenters. The van der Waals surface area contributed by atoms with E-state index in [-0.39, 0.29) is 25.7 Å². The van der Waals surface area contributed by atoms with E-state index in [1.165, 1.54) is 148 Å². The first kappa shape index (κ1) is 89.1. The monoisotopic (exact) mass is 1340 g/mol. The molecule has 0 spiro atoms. The predicted molar refractivity (Wildman–Crippen MR) is 367 cm³/mol. The Morgan fingerprint density at radius 2 is 0.527 bits per heavy atom. The molecule has 4 unspecified atom stereocenters. The standard InChI is InChI=1S/C72H140O17P2/c1-9-64(7)50-42-34-28-30-36-44-52-69(74)82-58-67(88-71(76)54-46-38-26-22-18-16-14-12-11-13-15-17-20-24-32-40-48-62(3)4)60-86-90(78,79)84-56-66(73)57-85-91(80,81)87-61-68(59-83-70(75)53-45-37-31-29-35-43-51-65(8)10-2)89-72(77)55-47-39-27-23-19-21-25-33-41-49-63(5)6/h62-68,73H,9-61H2,1-8H3,(H,78,79)(H,80,81)/t64?,65?,66-,67-,68-/m1/s1. The Labute approximate surface area is 556 Å². The molecule has 17 nitrogen and oxygen atoms in total. The van der Waals surface area contributed by atoms with E-state index in [0.29, 0.717) is 25.7 Å². The number of unbranched alkanes of at least 4 members (excludes halogenated alkanes) is 33. The molecule has 0 aliphatic carbocycles. The van der Waals surface area contributed by atoms with Crippen LogP contribution in [0.4, 0.5) is 0 Å². The van der Waals surface area contributed by atoms with Gasteiger partial charge in [0.1, 0.15) is 19.3 Å². The Kier molecular flexibility index (Phi) is 60.3. The molecular formula is C72H140O17P2. The minimum atomic E-state index is -4.95. The summed E-state index contributed by atoms with van der Waals surface area (Å²) in [5, 5.41) is 10.6. The summed E-state index contributed by atoms with van der Waals surface area (Å²) in [6.07, 6.45) is 44.6. The summed E-state index contributed by atoms with van der Waals surface area (Å²) in [4.78, 5) is 72.6. The second kappa shape index (κ2) is 61.6. The minimum Gasteiger partial charge on any atom is -0.462 e. The number of ether oxygens (including phenoxy) is 4. The highest BCUT2D eigenvalue weighted by Gasteiger charge is 2.30. The summed E-state index contributed by atoms with van der Waals surface area (Å²) in [5.41, 5.74) is 0. The van der Waals surface area contributed by atoms with Crippen LogP contribution in [0.25, 0.3) is 0 Å². The van der Waals surface area contributed by atoms with Crippen LogP contribution in [-0.4, -0.2) is 96.7 Å². The van der Waals surface area contributed by atoms with Crippen molar-refractivity contribution in [3.63, 3.8) is 0 Å². The van der Waals surface area contributed by atoms with E-state index in [9.17, 15) is 43.2 Å². The molecule has 0 rings (SSSR count). The maximum Gasteiger partial charge on any atom is 0.472 e. The fourth-order valence-electron chi connectivity index (χ4n) is 10.8. The molecule has 0 saturated heterocycles. The lowest BCUT2D eigenvalue weighted by atomic mass is 10.00. The first-order chi connectivity index (χ1) is 43.7. The molecule has 0 radical (unpaired) electrons. The fraction of sp³-hybridized carbons (Fsp3) is 0.944. The Morgan fingerprint density at radius 3 is 0.780 bits per heavy atom. The summed E-state index contributed by atoms with van der Waals surface area (Å²) < 4.78 is 68.3. The smallest absolute Gasteiger partial charge is 0.462 e. The van der Waals surface area contributed by atoms with Crippen LogP contribution in [0, 0.1) is 23.7 Å². The molecule has 0 aliphatic rings. The van der Waals surface area contributed by atoms with Gasteiger partial charge in [-0.1, -0.05) is 306 Å². The summed E-state index contributed by atoms with van der Waals surface area (Å²) >= 11 is 0. The van der Waals surface area contributed by atoms with E-state index >= 15 is 0 Å². The van der Waals surface area contributed by atoms with E-state index in [1.54, 1.807) is 0 Å². The van der Waals surface area contributed by atoms with Gasteiger partial charge in [-0.25, -0.2) is 9.13 Å². The highest BCUT2D eigenvalue weighted by molar-refractivity contribution is 7.47.